The minimum absolute atomic E-state index is 0.129. The topological polar surface area (TPSA) is 72.8 Å². The van der Waals surface area contributed by atoms with Crippen LogP contribution in [0.4, 0.5) is 19.1 Å². The van der Waals surface area contributed by atoms with Crippen LogP contribution in [0.15, 0.2) is 41.1 Å². The number of nitrogens with zero attached hydrogens (tertiary/aromatic N) is 4. The summed E-state index contributed by atoms with van der Waals surface area (Å²) in [6.45, 7) is 0.191. The molecule has 0 radical (unpaired) electrons. The quantitative estimate of drug-likeness (QED) is 0.562. The first-order valence-electron chi connectivity index (χ1n) is 9.14. The van der Waals surface area contributed by atoms with Gasteiger partial charge in [-0.3, -0.25) is 4.98 Å². The minimum atomic E-state index is -1.01. The summed E-state index contributed by atoms with van der Waals surface area (Å²) in [4.78, 5) is 8.28. The second-order valence-electron chi connectivity index (χ2n) is 7.08. The third kappa shape index (κ3) is 3.71. The molecular formula is C20H17BrF3N5O. The van der Waals surface area contributed by atoms with Gasteiger partial charge in [0.2, 0.25) is 5.95 Å². The SMILES string of the molecule is COc1c(Br)ccc(F)c1-c1cnc(NC[C@]2(c3ncccc3F)C[C@H](F)C2)nn1. The van der Waals surface area contributed by atoms with Gasteiger partial charge in [-0.1, -0.05) is 0 Å². The van der Waals surface area contributed by atoms with Crippen LogP contribution >= 0.6 is 15.9 Å². The normalized spacial score (nSPS) is 20.5. The first-order chi connectivity index (χ1) is 14.4. The summed E-state index contributed by atoms with van der Waals surface area (Å²) in [7, 11) is 1.42. The number of methoxy groups -OCH3 is 1. The van der Waals surface area contributed by atoms with Gasteiger partial charge in [0.15, 0.2) is 0 Å². The standard InChI is InChI=1S/C20H17BrF3N5O/c1-30-17-12(21)4-5-13(23)16(17)15-9-26-19(29-28-15)27-10-20(7-11(22)8-20)18-14(24)3-2-6-25-18/h2-6,9,11H,7-8,10H2,1H3,(H,26,27,29)/t11-,20-. The van der Waals surface area contributed by atoms with Gasteiger partial charge in [0.25, 0.3) is 0 Å². The molecule has 1 aliphatic carbocycles. The predicted octanol–water partition coefficient (Wildman–Crippen LogP) is 4.46. The van der Waals surface area contributed by atoms with E-state index in [1.54, 1.807) is 0 Å². The summed E-state index contributed by atoms with van der Waals surface area (Å²) in [5.74, 6) is -0.566. The lowest BCUT2D eigenvalue weighted by Gasteiger charge is -2.43. The molecule has 0 aliphatic heterocycles. The van der Waals surface area contributed by atoms with Crippen LogP contribution in [-0.2, 0) is 5.41 Å². The molecule has 2 heterocycles. The van der Waals surface area contributed by atoms with E-state index in [2.05, 4.69) is 41.4 Å². The number of pyridine rings is 1. The summed E-state index contributed by atoms with van der Waals surface area (Å²) in [5, 5.41) is 11.0. The number of alkyl halides is 1. The fourth-order valence-electron chi connectivity index (χ4n) is 3.68. The van der Waals surface area contributed by atoms with E-state index in [1.807, 2.05) is 0 Å². The van der Waals surface area contributed by atoms with Crippen molar-refractivity contribution in [2.24, 2.45) is 0 Å². The number of ether oxygens (including phenoxy) is 1. The second-order valence-corrected chi connectivity index (χ2v) is 7.93. The van der Waals surface area contributed by atoms with Crippen LogP contribution in [0, 0.1) is 11.6 Å². The molecule has 0 amide bonds. The molecule has 1 aliphatic rings. The summed E-state index contributed by atoms with van der Waals surface area (Å²) < 4.78 is 48.0. The second kappa shape index (κ2) is 8.17. The zero-order valence-corrected chi connectivity index (χ0v) is 17.5. The highest BCUT2D eigenvalue weighted by Gasteiger charge is 2.48. The van der Waals surface area contributed by atoms with Crippen molar-refractivity contribution in [2.45, 2.75) is 24.4 Å². The number of anilines is 1. The Kier molecular flexibility index (Phi) is 5.59. The smallest absolute Gasteiger partial charge is 0.242 e. The van der Waals surface area contributed by atoms with Gasteiger partial charge in [-0.05, 0) is 53.0 Å². The van der Waals surface area contributed by atoms with Crippen molar-refractivity contribution in [3.05, 3.63) is 58.5 Å². The van der Waals surface area contributed by atoms with Gasteiger partial charge in [-0.2, -0.15) is 0 Å². The lowest BCUT2D eigenvalue weighted by Crippen LogP contribution is -2.49. The Labute approximate surface area is 179 Å². The van der Waals surface area contributed by atoms with Gasteiger partial charge in [-0.15, -0.1) is 10.2 Å². The van der Waals surface area contributed by atoms with Crippen LogP contribution in [0.3, 0.4) is 0 Å². The number of benzene rings is 1. The molecule has 0 unspecified atom stereocenters. The fraction of sp³-hybridized carbons (Fsp3) is 0.300. The summed E-state index contributed by atoms with van der Waals surface area (Å²) in [6, 6.07) is 5.61. The van der Waals surface area contributed by atoms with Crippen molar-refractivity contribution >= 4 is 21.9 Å². The largest absolute Gasteiger partial charge is 0.495 e. The molecule has 0 atom stereocenters. The number of rotatable bonds is 6. The van der Waals surface area contributed by atoms with Crippen molar-refractivity contribution in [1.29, 1.82) is 0 Å². The Morgan fingerprint density at radius 3 is 2.60 bits per heavy atom. The van der Waals surface area contributed by atoms with Crippen LogP contribution < -0.4 is 10.1 Å². The maximum Gasteiger partial charge on any atom is 0.242 e. The van der Waals surface area contributed by atoms with Gasteiger partial charge in [0.05, 0.1) is 29.0 Å². The highest BCUT2D eigenvalue weighted by Crippen LogP contribution is 2.45. The van der Waals surface area contributed by atoms with E-state index in [0.29, 0.717) is 4.47 Å². The molecule has 0 saturated heterocycles. The van der Waals surface area contributed by atoms with E-state index in [1.165, 1.54) is 43.8 Å². The summed E-state index contributed by atoms with van der Waals surface area (Å²) in [5.41, 5.74) is -0.248. The molecule has 1 fully saturated rings. The van der Waals surface area contributed by atoms with Crippen molar-refractivity contribution in [2.75, 3.05) is 19.0 Å². The molecule has 2 aromatic heterocycles. The van der Waals surface area contributed by atoms with Crippen LogP contribution in [0.1, 0.15) is 18.5 Å². The van der Waals surface area contributed by atoms with Gasteiger partial charge in [0.1, 0.15) is 29.2 Å². The van der Waals surface area contributed by atoms with E-state index >= 15 is 0 Å². The van der Waals surface area contributed by atoms with E-state index < -0.39 is 23.2 Å². The van der Waals surface area contributed by atoms with Crippen LogP contribution in [0.25, 0.3) is 11.3 Å². The third-order valence-electron chi connectivity index (χ3n) is 5.15. The average Bonchev–Trinajstić information content (AvgIpc) is 2.72. The molecule has 0 bridgehead atoms. The highest BCUT2D eigenvalue weighted by molar-refractivity contribution is 9.10. The minimum Gasteiger partial charge on any atom is -0.495 e. The fourth-order valence-corrected chi connectivity index (χ4v) is 4.17. The highest BCUT2D eigenvalue weighted by atomic mass is 79.9. The Bertz CT molecular complexity index is 1060. The van der Waals surface area contributed by atoms with Gasteiger partial charge < -0.3 is 10.1 Å². The molecule has 6 nitrogen and oxygen atoms in total. The first-order valence-corrected chi connectivity index (χ1v) is 9.94. The number of nitrogens with one attached hydrogen (secondary N) is 1. The molecule has 156 valence electrons. The summed E-state index contributed by atoms with van der Waals surface area (Å²) in [6.07, 6.45) is 2.13. The molecule has 10 heteroatoms. The number of hydrogen-bond acceptors (Lipinski definition) is 6. The van der Waals surface area contributed by atoms with Crippen LogP contribution in [0.2, 0.25) is 0 Å². The maximum atomic E-state index is 14.3. The van der Waals surface area contributed by atoms with Gasteiger partial charge >= 0.3 is 0 Å². The van der Waals surface area contributed by atoms with E-state index in [9.17, 15) is 13.2 Å². The first kappa shape index (κ1) is 20.5. The molecule has 30 heavy (non-hydrogen) atoms. The van der Waals surface area contributed by atoms with Crippen LogP contribution in [-0.4, -0.2) is 40.0 Å². The van der Waals surface area contributed by atoms with Crippen molar-refractivity contribution in [3.8, 4) is 17.0 Å². The third-order valence-corrected chi connectivity index (χ3v) is 5.78. The Morgan fingerprint density at radius 1 is 1.17 bits per heavy atom. The monoisotopic (exact) mass is 479 g/mol. The zero-order valence-electron chi connectivity index (χ0n) is 15.9. The molecule has 3 aromatic rings. The molecule has 1 N–H and O–H groups in total. The molecule has 4 rings (SSSR count). The molecule has 1 aromatic carbocycles. The Hall–Kier alpha value is -2.75. The lowest BCUT2D eigenvalue weighted by atomic mass is 9.65. The Balaban J connectivity index is 1.55. The van der Waals surface area contributed by atoms with Crippen LogP contribution in [0.5, 0.6) is 5.75 Å². The average molecular weight is 480 g/mol. The summed E-state index contributed by atoms with van der Waals surface area (Å²) >= 11 is 3.31. The van der Waals surface area contributed by atoms with Crippen molar-refractivity contribution in [3.63, 3.8) is 0 Å². The molecule has 1 saturated carbocycles. The van der Waals surface area contributed by atoms with Crippen molar-refractivity contribution in [1.82, 2.24) is 20.2 Å². The zero-order chi connectivity index (χ0) is 21.3. The number of aromatic nitrogens is 4. The van der Waals surface area contributed by atoms with Crippen molar-refractivity contribution < 1.29 is 17.9 Å². The number of halogens is 4. The lowest BCUT2D eigenvalue weighted by molar-refractivity contribution is 0.0963. The van der Waals surface area contributed by atoms with Gasteiger partial charge in [-0.25, -0.2) is 18.2 Å². The number of hydrogen-bond donors (Lipinski definition) is 1. The van der Waals surface area contributed by atoms with E-state index in [-0.39, 0.29) is 48.0 Å². The van der Waals surface area contributed by atoms with E-state index in [4.69, 9.17) is 4.74 Å². The maximum absolute atomic E-state index is 14.3. The van der Waals surface area contributed by atoms with E-state index in [0.717, 1.165) is 0 Å². The Morgan fingerprint density at radius 2 is 1.97 bits per heavy atom. The molecule has 0 spiro atoms. The van der Waals surface area contributed by atoms with Gasteiger partial charge in [0, 0.05) is 18.2 Å². The predicted molar refractivity (Wildman–Crippen MR) is 108 cm³/mol. The molecular weight excluding hydrogens is 463 g/mol.